The van der Waals surface area contributed by atoms with Crippen molar-refractivity contribution < 1.29 is 19.8 Å². The molecule has 4 rings (SSSR count). The monoisotopic (exact) mass is 373 g/mol. The zero-order chi connectivity index (χ0) is 19.7. The summed E-state index contributed by atoms with van der Waals surface area (Å²) in [6.45, 7) is 0.295. The summed E-state index contributed by atoms with van der Waals surface area (Å²) in [6.07, 6.45) is -0.439. The van der Waals surface area contributed by atoms with Gasteiger partial charge in [0.25, 0.3) is 5.91 Å². The Morgan fingerprint density at radius 3 is 2.29 bits per heavy atom. The number of hydrogen-bond donors (Lipinski definition) is 2. The molecule has 28 heavy (non-hydrogen) atoms. The van der Waals surface area contributed by atoms with E-state index in [1.165, 1.54) is 17.0 Å². The van der Waals surface area contributed by atoms with Crippen LogP contribution in [0, 0.1) is 0 Å². The predicted molar refractivity (Wildman–Crippen MR) is 105 cm³/mol. The van der Waals surface area contributed by atoms with Crippen LogP contribution in [-0.4, -0.2) is 21.9 Å². The summed E-state index contributed by atoms with van der Waals surface area (Å²) < 4.78 is 0. The lowest BCUT2D eigenvalue weighted by molar-refractivity contribution is -0.136. The molecule has 1 atom stereocenters. The van der Waals surface area contributed by atoms with Crippen LogP contribution in [0.25, 0.3) is 0 Å². The molecule has 1 aliphatic heterocycles. The van der Waals surface area contributed by atoms with Crippen molar-refractivity contribution in [2.75, 3.05) is 4.90 Å². The van der Waals surface area contributed by atoms with E-state index in [-0.39, 0.29) is 11.3 Å². The lowest BCUT2D eigenvalue weighted by atomic mass is 9.88. The van der Waals surface area contributed by atoms with Gasteiger partial charge in [-0.2, -0.15) is 0 Å². The number of anilines is 1. The lowest BCUT2D eigenvalue weighted by Gasteiger charge is -2.23. The number of aliphatic hydroxyl groups is 1. The van der Waals surface area contributed by atoms with Crippen LogP contribution in [0.15, 0.2) is 78.9 Å². The molecule has 3 aromatic carbocycles. The van der Waals surface area contributed by atoms with Crippen molar-refractivity contribution in [2.24, 2.45) is 0 Å². The van der Waals surface area contributed by atoms with Crippen molar-refractivity contribution in [2.45, 2.75) is 18.6 Å². The van der Waals surface area contributed by atoms with Crippen LogP contribution in [0.2, 0.25) is 0 Å². The zero-order valence-electron chi connectivity index (χ0n) is 15.1. The SMILES string of the molecule is O=C(C[C@@]1(O)C(=O)N(Cc2ccccc2)c2ccccc21)c1ccccc1O. The molecule has 3 aromatic rings. The first kappa shape index (κ1) is 17.9. The third kappa shape index (κ3) is 2.96. The quantitative estimate of drug-likeness (QED) is 0.672. The van der Waals surface area contributed by atoms with Gasteiger partial charge in [-0.25, -0.2) is 0 Å². The molecule has 2 N–H and O–H groups in total. The van der Waals surface area contributed by atoms with Gasteiger partial charge in [0, 0.05) is 5.56 Å². The largest absolute Gasteiger partial charge is 0.507 e. The highest BCUT2D eigenvalue weighted by Gasteiger charge is 2.50. The van der Waals surface area contributed by atoms with E-state index < -0.39 is 23.7 Å². The summed E-state index contributed by atoms with van der Waals surface area (Å²) in [5.41, 5.74) is 0.0263. The number of benzene rings is 3. The molecule has 0 spiro atoms. The number of para-hydroxylation sites is 2. The molecule has 0 aliphatic carbocycles. The Hall–Kier alpha value is -3.44. The van der Waals surface area contributed by atoms with Gasteiger partial charge in [-0.05, 0) is 23.8 Å². The third-order valence-corrected chi connectivity index (χ3v) is 5.04. The first-order chi connectivity index (χ1) is 13.5. The number of hydrogen-bond acceptors (Lipinski definition) is 4. The van der Waals surface area contributed by atoms with Crippen LogP contribution in [0.1, 0.15) is 27.9 Å². The number of aromatic hydroxyl groups is 1. The molecule has 1 heterocycles. The van der Waals surface area contributed by atoms with Crippen molar-refractivity contribution >= 4 is 17.4 Å². The molecule has 0 saturated carbocycles. The Morgan fingerprint density at radius 2 is 1.54 bits per heavy atom. The molecular formula is C23H19NO4. The molecule has 0 fully saturated rings. The van der Waals surface area contributed by atoms with E-state index in [0.717, 1.165) is 5.56 Å². The minimum Gasteiger partial charge on any atom is -0.507 e. The Balaban J connectivity index is 1.70. The van der Waals surface area contributed by atoms with Crippen molar-refractivity contribution in [3.63, 3.8) is 0 Å². The van der Waals surface area contributed by atoms with Gasteiger partial charge < -0.3 is 15.1 Å². The van der Waals surface area contributed by atoms with Crippen LogP contribution in [0.5, 0.6) is 5.75 Å². The van der Waals surface area contributed by atoms with Gasteiger partial charge >= 0.3 is 0 Å². The van der Waals surface area contributed by atoms with Gasteiger partial charge in [0.1, 0.15) is 5.75 Å². The summed E-state index contributed by atoms with van der Waals surface area (Å²) >= 11 is 0. The molecule has 1 amide bonds. The highest BCUT2D eigenvalue weighted by Crippen LogP contribution is 2.43. The van der Waals surface area contributed by atoms with Gasteiger partial charge in [0.05, 0.1) is 24.2 Å². The fourth-order valence-electron chi connectivity index (χ4n) is 3.64. The molecule has 1 aliphatic rings. The van der Waals surface area contributed by atoms with E-state index in [1.807, 2.05) is 30.3 Å². The first-order valence-electron chi connectivity index (χ1n) is 8.99. The number of carbonyl (C=O) groups excluding carboxylic acids is 2. The number of rotatable bonds is 5. The van der Waals surface area contributed by atoms with Crippen molar-refractivity contribution in [3.05, 3.63) is 95.6 Å². The summed E-state index contributed by atoms with van der Waals surface area (Å²) in [5, 5.41) is 21.2. The zero-order valence-corrected chi connectivity index (χ0v) is 15.1. The number of amides is 1. The highest BCUT2D eigenvalue weighted by molar-refractivity contribution is 6.11. The van der Waals surface area contributed by atoms with E-state index >= 15 is 0 Å². The maximum absolute atomic E-state index is 13.2. The molecule has 140 valence electrons. The van der Waals surface area contributed by atoms with Gasteiger partial charge in [-0.15, -0.1) is 0 Å². The normalized spacial score (nSPS) is 18.2. The minimum atomic E-state index is -1.97. The van der Waals surface area contributed by atoms with E-state index in [0.29, 0.717) is 17.8 Å². The maximum atomic E-state index is 13.2. The van der Waals surface area contributed by atoms with Crippen LogP contribution in [-0.2, 0) is 16.9 Å². The fourth-order valence-corrected chi connectivity index (χ4v) is 3.64. The van der Waals surface area contributed by atoms with Crippen LogP contribution in [0.4, 0.5) is 5.69 Å². The smallest absolute Gasteiger partial charge is 0.264 e. The average Bonchev–Trinajstić information content (AvgIpc) is 2.91. The van der Waals surface area contributed by atoms with Crippen molar-refractivity contribution in [1.29, 1.82) is 0 Å². The minimum absolute atomic E-state index is 0.0858. The second-order valence-corrected chi connectivity index (χ2v) is 6.87. The van der Waals surface area contributed by atoms with E-state index in [2.05, 4.69) is 0 Å². The Kier molecular flexibility index (Phi) is 4.45. The first-order valence-corrected chi connectivity index (χ1v) is 8.99. The summed E-state index contributed by atoms with van der Waals surface area (Å²) in [6, 6.07) is 22.5. The Morgan fingerprint density at radius 1 is 0.893 bits per heavy atom. The second-order valence-electron chi connectivity index (χ2n) is 6.87. The van der Waals surface area contributed by atoms with E-state index in [9.17, 15) is 19.8 Å². The number of phenolic OH excluding ortho intramolecular Hbond substituents is 1. The van der Waals surface area contributed by atoms with E-state index in [4.69, 9.17) is 0 Å². The highest BCUT2D eigenvalue weighted by atomic mass is 16.3. The molecule has 0 saturated heterocycles. The standard InChI is InChI=1S/C23H19NO4/c25-20-13-7-4-10-17(20)21(26)14-23(28)18-11-5-6-12-19(18)24(22(23)27)15-16-8-2-1-3-9-16/h1-13,25,28H,14-15H2/t23-/m0/s1. The van der Waals surface area contributed by atoms with Gasteiger partial charge in [0.15, 0.2) is 11.4 Å². The predicted octanol–water partition coefficient (Wildman–Crippen LogP) is 3.40. The van der Waals surface area contributed by atoms with Crippen LogP contribution < -0.4 is 4.90 Å². The summed E-state index contributed by atoms with van der Waals surface area (Å²) in [5.74, 6) is -1.21. The molecule has 0 unspecified atom stereocenters. The number of ketones is 1. The van der Waals surface area contributed by atoms with Gasteiger partial charge in [0.2, 0.25) is 0 Å². The molecule has 0 aromatic heterocycles. The van der Waals surface area contributed by atoms with Crippen LogP contribution >= 0.6 is 0 Å². The number of phenols is 1. The number of fused-ring (bicyclic) bond motifs is 1. The third-order valence-electron chi connectivity index (χ3n) is 5.04. The Labute approximate surface area is 162 Å². The summed E-state index contributed by atoms with van der Waals surface area (Å²) in [7, 11) is 0. The van der Waals surface area contributed by atoms with E-state index in [1.54, 1.807) is 36.4 Å². The van der Waals surface area contributed by atoms with Gasteiger partial charge in [-0.3, -0.25) is 9.59 Å². The molecule has 0 radical (unpaired) electrons. The molecule has 0 bridgehead atoms. The average molecular weight is 373 g/mol. The van der Waals surface area contributed by atoms with Crippen LogP contribution in [0.3, 0.4) is 0 Å². The van der Waals surface area contributed by atoms with Crippen molar-refractivity contribution in [1.82, 2.24) is 0 Å². The lowest BCUT2D eigenvalue weighted by Crippen LogP contribution is -2.41. The summed E-state index contributed by atoms with van der Waals surface area (Å²) in [4.78, 5) is 27.5. The number of Topliss-reactive ketones (excluding diaryl/α,β-unsaturated/α-hetero) is 1. The fraction of sp³-hybridized carbons (Fsp3) is 0.130. The number of carbonyl (C=O) groups is 2. The molecule has 5 nitrogen and oxygen atoms in total. The second kappa shape index (κ2) is 6.94. The molecule has 5 heteroatoms. The number of nitrogens with zero attached hydrogens (tertiary/aromatic N) is 1. The topological polar surface area (TPSA) is 77.8 Å². The Bertz CT molecular complexity index is 1050. The van der Waals surface area contributed by atoms with Gasteiger partial charge in [-0.1, -0.05) is 60.7 Å². The van der Waals surface area contributed by atoms with Crippen molar-refractivity contribution in [3.8, 4) is 5.75 Å². The molecular weight excluding hydrogens is 354 g/mol. The maximum Gasteiger partial charge on any atom is 0.264 e.